The highest BCUT2D eigenvalue weighted by Crippen LogP contribution is 2.16. The van der Waals surface area contributed by atoms with Crippen molar-refractivity contribution in [3.8, 4) is 5.88 Å². The molecule has 0 radical (unpaired) electrons. The minimum absolute atomic E-state index is 0.0582. The van der Waals surface area contributed by atoms with Gasteiger partial charge in [-0.1, -0.05) is 6.07 Å². The number of amides is 1. The molecule has 2 aromatic rings. The van der Waals surface area contributed by atoms with Crippen LogP contribution in [-0.4, -0.2) is 33.0 Å². The van der Waals surface area contributed by atoms with Crippen LogP contribution in [0.15, 0.2) is 47.5 Å². The van der Waals surface area contributed by atoms with E-state index in [1.165, 1.54) is 31.3 Å². The lowest BCUT2D eigenvalue weighted by molar-refractivity contribution is 0.0963. The molecule has 0 aliphatic heterocycles. The maximum Gasteiger partial charge on any atom is 0.251 e. The highest BCUT2D eigenvalue weighted by atomic mass is 32.2. The monoisotopic (exact) mass is 349 g/mol. The first-order valence-electron chi connectivity index (χ1n) is 7.36. The van der Waals surface area contributed by atoms with Crippen LogP contribution in [0.1, 0.15) is 22.8 Å². The molecule has 24 heavy (non-hydrogen) atoms. The molecule has 0 aliphatic rings. The first-order valence-corrected chi connectivity index (χ1v) is 8.84. The van der Waals surface area contributed by atoms with E-state index in [4.69, 9.17) is 4.74 Å². The lowest BCUT2D eigenvalue weighted by Gasteiger charge is -2.10. The molecule has 128 valence electrons. The maximum atomic E-state index is 12.4. The lowest BCUT2D eigenvalue weighted by atomic mass is 10.2. The minimum Gasteiger partial charge on any atom is -0.478 e. The fourth-order valence-corrected chi connectivity index (χ4v) is 3.02. The lowest BCUT2D eigenvalue weighted by Crippen LogP contribution is -2.24. The molecule has 0 aliphatic carbocycles. The van der Waals surface area contributed by atoms with E-state index in [0.29, 0.717) is 23.6 Å². The van der Waals surface area contributed by atoms with E-state index in [1.54, 1.807) is 18.3 Å². The predicted octanol–water partition coefficient (Wildman–Crippen LogP) is 1.32. The Morgan fingerprint density at radius 1 is 1.21 bits per heavy atom. The van der Waals surface area contributed by atoms with Gasteiger partial charge in [0.15, 0.2) is 0 Å². The topological polar surface area (TPSA) is 97.4 Å². The van der Waals surface area contributed by atoms with Gasteiger partial charge >= 0.3 is 0 Å². The molecule has 0 bridgehead atoms. The summed E-state index contributed by atoms with van der Waals surface area (Å²) in [5.74, 6) is 0.126. The number of pyridine rings is 1. The van der Waals surface area contributed by atoms with Gasteiger partial charge in [-0.2, -0.15) is 0 Å². The number of carbonyl (C=O) groups excluding carboxylic acids is 1. The zero-order valence-corrected chi connectivity index (χ0v) is 14.3. The van der Waals surface area contributed by atoms with Gasteiger partial charge in [-0.25, -0.2) is 18.1 Å². The molecular weight excluding hydrogens is 330 g/mol. The summed E-state index contributed by atoms with van der Waals surface area (Å²) in [6, 6.07) is 9.16. The van der Waals surface area contributed by atoms with Crippen molar-refractivity contribution >= 4 is 15.9 Å². The van der Waals surface area contributed by atoms with Gasteiger partial charge in [0.25, 0.3) is 5.91 Å². The Labute approximate surface area is 141 Å². The van der Waals surface area contributed by atoms with Crippen LogP contribution >= 0.6 is 0 Å². The molecule has 0 unspecified atom stereocenters. The Morgan fingerprint density at radius 2 is 1.92 bits per heavy atom. The number of carbonyl (C=O) groups is 1. The van der Waals surface area contributed by atoms with E-state index in [9.17, 15) is 13.2 Å². The summed E-state index contributed by atoms with van der Waals surface area (Å²) >= 11 is 0. The van der Waals surface area contributed by atoms with Gasteiger partial charge in [0.1, 0.15) is 0 Å². The van der Waals surface area contributed by atoms with Crippen molar-refractivity contribution < 1.29 is 17.9 Å². The number of aromatic nitrogens is 1. The van der Waals surface area contributed by atoms with Crippen molar-refractivity contribution in [2.45, 2.75) is 18.4 Å². The average Bonchev–Trinajstić information content (AvgIpc) is 2.61. The Bertz CT molecular complexity index is 804. The molecule has 0 spiro atoms. The van der Waals surface area contributed by atoms with Crippen LogP contribution in [0.25, 0.3) is 0 Å². The van der Waals surface area contributed by atoms with E-state index in [-0.39, 0.29) is 17.3 Å². The van der Waals surface area contributed by atoms with Crippen molar-refractivity contribution in [2.24, 2.45) is 0 Å². The number of benzene rings is 1. The number of nitrogens with one attached hydrogen (secondary N) is 2. The number of nitrogens with zero attached hydrogens (tertiary/aromatic N) is 1. The number of hydrogen-bond donors (Lipinski definition) is 2. The van der Waals surface area contributed by atoms with Gasteiger partial charge in [0.05, 0.1) is 11.5 Å². The molecule has 0 saturated carbocycles. The van der Waals surface area contributed by atoms with E-state index >= 15 is 0 Å². The minimum atomic E-state index is -3.70. The Hall–Kier alpha value is -2.45. The van der Waals surface area contributed by atoms with E-state index < -0.39 is 10.0 Å². The molecule has 1 heterocycles. The first-order chi connectivity index (χ1) is 11.5. The standard InChI is InChI=1S/C16H19N3O4S/c1-3-23-16-13(5-4-10-18-16)11-19-24(21,22)14-8-6-12(7-9-14)15(20)17-2/h4-10,19H,3,11H2,1-2H3,(H,17,20). The molecule has 1 aromatic carbocycles. The van der Waals surface area contributed by atoms with Gasteiger partial charge in [-0.05, 0) is 37.3 Å². The molecule has 2 rings (SSSR count). The summed E-state index contributed by atoms with van der Waals surface area (Å²) < 4.78 is 32.6. The summed E-state index contributed by atoms with van der Waals surface area (Å²) in [5.41, 5.74) is 1.03. The van der Waals surface area contributed by atoms with Crippen LogP contribution in [0.5, 0.6) is 5.88 Å². The second-order valence-electron chi connectivity index (χ2n) is 4.83. The Balaban J connectivity index is 2.13. The maximum absolute atomic E-state index is 12.4. The van der Waals surface area contributed by atoms with Crippen molar-refractivity contribution in [3.05, 3.63) is 53.7 Å². The van der Waals surface area contributed by atoms with Crippen LogP contribution in [0.4, 0.5) is 0 Å². The zero-order chi connectivity index (χ0) is 17.6. The molecule has 0 saturated heterocycles. The zero-order valence-electron chi connectivity index (χ0n) is 13.4. The van der Waals surface area contributed by atoms with Crippen molar-refractivity contribution in [2.75, 3.05) is 13.7 Å². The highest BCUT2D eigenvalue weighted by molar-refractivity contribution is 7.89. The highest BCUT2D eigenvalue weighted by Gasteiger charge is 2.16. The largest absolute Gasteiger partial charge is 0.478 e. The number of hydrogen-bond acceptors (Lipinski definition) is 5. The Kier molecular flexibility index (Phi) is 5.88. The normalized spacial score (nSPS) is 11.1. The third-order valence-electron chi connectivity index (χ3n) is 3.24. The van der Waals surface area contributed by atoms with Crippen molar-refractivity contribution in [1.29, 1.82) is 0 Å². The molecular formula is C16H19N3O4S. The summed E-state index contributed by atoms with van der Waals surface area (Å²) in [4.78, 5) is 15.6. The third-order valence-corrected chi connectivity index (χ3v) is 4.65. The van der Waals surface area contributed by atoms with Crippen LogP contribution in [-0.2, 0) is 16.6 Å². The van der Waals surface area contributed by atoms with Crippen LogP contribution in [0.2, 0.25) is 0 Å². The van der Waals surface area contributed by atoms with Crippen LogP contribution in [0.3, 0.4) is 0 Å². The van der Waals surface area contributed by atoms with E-state index in [1.807, 2.05) is 6.92 Å². The van der Waals surface area contributed by atoms with Gasteiger partial charge in [0, 0.05) is 30.9 Å². The molecule has 7 nitrogen and oxygen atoms in total. The van der Waals surface area contributed by atoms with E-state index in [0.717, 1.165) is 0 Å². The molecule has 2 N–H and O–H groups in total. The number of ether oxygens (including phenoxy) is 1. The molecule has 0 atom stereocenters. The second kappa shape index (κ2) is 7.89. The summed E-state index contributed by atoms with van der Waals surface area (Å²) in [7, 11) is -2.19. The number of rotatable bonds is 7. The smallest absolute Gasteiger partial charge is 0.251 e. The first kappa shape index (κ1) is 17.9. The number of sulfonamides is 1. The fraction of sp³-hybridized carbons (Fsp3) is 0.250. The third kappa shape index (κ3) is 4.30. The van der Waals surface area contributed by atoms with Gasteiger partial charge < -0.3 is 10.1 Å². The van der Waals surface area contributed by atoms with Gasteiger partial charge in [0.2, 0.25) is 15.9 Å². The van der Waals surface area contributed by atoms with Crippen LogP contribution in [0, 0.1) is 0 Å². The molecule has 1 amide bonds. The molecule has 8 heteroatoms. The van der Waals surface area contributed by atoms with Gasteiger partial charge in [-0.3, -0.25) is 4.79 Å². The SMILES string of the molecule is CCOc1ncccc1CNS(=O)(=O)c1ccc(C(=O)NC)cc1. The summed E-state index contributed by atoms with van der Waals surface area (Å²) in [6.07, 6.45) is 1.58. The summed E-state index contributed by atoms with van der Waals surface area (Å²) in [5, 5.41) is 2.48. The second-order valence-corrected chi connectivity index (χ2v) is 6.60. The Morgan fingerprint density at radius 3 is 2.54 bits per heavy atom. The van der Waals surface area contributed by atoms with E-state index in [2.05, 4.69) is 15.0 Å². The van der Waals surface area contributed by atoms with Crippen molar-refractivity contribution in [3.63, 3.8) is 0 Å². The van der Waals surface area contributed by atoms with Gasteiger partial charge in [-0.15, -0.1) is 0 Å². The quantitative estimate of drug-likeness (QED) is 0.786. The van der Waals surface area contributed by atoms with Crippen molar-refractivity contribution in [1.82, 2.24) is 15.0 Å². The fourth-order valence-electron chi connectivity index (χ4n) is 2.01. The predicted molar refractivity (Wildman–Crippen MR) is 89.3 cm³/mol. The summed E-state index contributed by atoms with van der Waals surface area (Å²) in [6.45, 7) is 2.33. The molecule has 0 fully saturated rings. The average molecular weight is 349 g/mol. The molecule has 1 aromatic heterocycles. The van der Waals surface area contributed by atoms with Crippen LogP contribution < -0.4 is 14.8 Å².